The van der Waals surface area contributed by atoms with E-state index in [1.54, 1.807) is 0 Å². The SMILES string of the molecule is CC(C)c1ccc(-c2nc(Br)no2)cc1. The molecule has 1 aromatic carbocycles. The quantitative estimate of drug-likeness (QED) is 0.834. The van der Waals surface area contributed by atoms with Gasteiger partial charge in [-0.3, -0.25) is 0 Å². The Labute approximate surface area is 96.6 Å². The largest absolute Gasteiger partial charge is 0.333 e. The smallest absolute Gasteiger partial charge is 0.258 e. The zero-order valence-corrected chi connectivity index (χ0v) is 10.2. The van der Waals surface area contributed by atoms with Crippen LogP contribution in [0.2, 0.25) is 0 Å². The van der Waals surface area contributed by atoms with Crippen molar-refractivity contribution in [2.45, 2.75) is 19.8 Å². The summed E-state index contributed by atoms with van der Waals surface area (Å²) in [4.78, 5) is 4.09. The molecule has 15 heavy (non-hydrogen) atoms. The van der Waals surface area contributed by atoms with Gasteiger partial charge in [-0.1, -0.05) is 26.0 Å². The van der Waals surface area contributed by atoms with Crippen LogP contribution in [0.15, 0.2) is 33.5 Å². The molecule has 0 aliphatic carbocycles. The van der Waals surface area contributed by atoms with Crippen LogP contribution in [0.5, 0.6) is 0 Å². The van der Waals surface area contributed by atoms with Crippen LogP contribution in [0.4, 0.5) is 0 Å². The molecule has 1 heterocycles. The van der Waals surface area contributed by atoms with Crippen LogP contribution in [0, 0.1) is 0 Å². The minimum atomic E-state index is 0.477. The van der Waals surface area contributed by atoms with Gasteiger partial charge >= 0.3 is 0 Å². The van der Waals surface area contributed by atoms with Crippen molar-refractivity contribution in [3.05, 3.63) is 34.6 Å². The van der Waals surface area contributed by atoms with Gasteiger partial charge in [0.15, 0.2) is 0 Å². The molecule has 0 N–H and O–H groups in total. The standard InChI is InChI=1S/C11H11BrN2O/c1-7(2)8-3-5-9(6-4-8)10-13-11(12)14-15-10/h3-7H,1-2H3. The normalized spacial score (nSPS) is 10.9. The number of benzene rings is 1. The van der Waals surface area contributed by atoms with E-state index >= 15 is 0 Å². The summed E-state index contributed by atoms with van der Waals surface area (Å²) in [5.74, 6) is 1.07. The number of halogens is 1. The van der Waals surface area contributed by atoms with Gasteiger partial charge in [0.05, 0.1) is 0 Å². The third kappa shape index (κ3) is 2.26. The van der Waals surface area contributed by atoms with E-state index in [9.17, 15) is 0 Å². The minimum absolute atomic E-state index is 0.477. The number of rotatable bonds is 2. The van der Waals surface area contributed by atoms with Crippen molar-refractivity contribution in [3.8, 4) is 11.5 Å². The lowest BCUT2D eigenvalue weighted by Gasteiger charge is -2.04. The second-order valence-electron chi connectivity index (χ2n) is 3.65. The molecule has 0 bridgehead atoms. The lowest BCUT2D eigenvalue weighted by molar-refractivity contribution is 0.426. The molecule has 0 unspecified atom stereocenters. The molecule has 0 saturated heterocycles. The van der Waals surface area contributed by atoms with E-state index in [-0.39, 0.29) is 0 Å². The van der Waals surface area contributed by atoms with Gasteiger partial charge in [-0.2, -0.15) is 4.98 Å². The van der Waals surface area contributed by atoms with Gasteiger partial charge in [0.2, 0.25) is 4.73 Å². The van der Waals surface area contributed by atoms with Crippen molar-refractivity contribution in [2.75, 3.05) is 0 Å². The summed E-state index contributed by atoms with van der Waals surface area (Å²) < 4.78 is 5.52. The Morgan fingerprint density at radius 3 is 2.33 bits per heavy atom. The van der Waals surface area contributed by atoms with Gasteiger partial charge in [-0.05, 0) is 44.7 Å². The second kappa shape index (κ2) is 4.14. The second-order valence-corrected chi connectivity index (χ2v) is 4.35. The molecular weight excluding hydrogens is 256 g/mol. The average Bonchev–Trinajstić information content (AvgIpc) is 2.65. The van der Waals surface area contributed by atoms with Crippen LogP contribution in [0.3, 0.4) is 0 Å². The van der Waals surface area contributed by atoms with Crippen molar-refractivity contribution in [1.29, 1.82) is 0 Å². The zero-order chi connectivity index (χ0) is 10.8. The monoisotopic (exact) mass is 266 g/mol. The Bertz CT molecular complexity index is 448. The summed E-state index contributed by atoms with van der Waals surface area (Å²) in [7, 11) is 0. The Morgan fingerprint density at radius 2 is 1.87 bits per heavy atom. The van der Waals surface area contributed by atoms with E-state index in [0.29, 0.717) is 16.5 Å². The third-order valence-corrected chi connectivity index (χ3v) is 2.55. The molecule has 0 amide bonds. The van der Waals surface area contributed by atoms with Crippen LogP contribution in [-0.2, 0) is 0 Å². The van der Waals surface area contributed by atoms with Crippen molar-refractivity contribution < 1.29 is 4.52 Å². The molecule has 0 aliphatic rings. The third-order valence-electron chi connectivity index (χ3n) is 2.23. The predicted molar refractivity (Wildman–Crippen MR) is 61.5 cm³/mol. The fraction of sp³-hybridized carbons (Fsp3) is 0.273. The topological polar surface area (TPSA) is 38.9 Å². The molecule has 0 spiro atoms. The van der Waals surface area contributed by atoms with Crippen LogP contribution < -0.4 is 0 Å². The molecule has 2 rings (SSSR count). The van der Waals surface area contributed by atoms with E-state index in [1.165, 1.54) is 5.56 Å². The average molecular weight is 267 g/mol. The van der Waals surface area contributed by atoms with Crippen molar-refractivity contribution in [2.24, 2.45) is 0 Å². The van der Waals surface area contributed by atoms with Gasteiger partial charge in [-0.15, -0.1) is 0 Å². The van der Waals surface area contributed by atoms with Crippen LogP contribution in [0.25, 0.3) is 11.5 Å². The van der Waals surface area contributed by atoms with Gasteiger partial charge < -0.3 is 4.52 Å². The zero-order valence-electron chi connectivity index (χ0n) is 8.57. The highest BCUT2D eigenvalue weighted by Crippen LogP contribution is 2.22. The van der Waals surface area contributed by atoms with Crippen molar-refractivity contribution in [1.82, 2.24) is 10.1 Å². The first kappa shape index (κ1) is 10.4. The number of aromatic nitrogens is 2. The molecule has 0 radical (unpaired) electrons. The summed E-state index contributed by atoms with van der Waals surface area (Å²) in [5.41, 5.74) is 2.25. The first-order valence-electron chi connectivity index (χ1n) is 4.76. The maximum atomic E-state index is 5.04. The predicted octanol–water partition coefficient (Wildman–Crippen LogP) is 3.62. The Balaban J connectivity index is 2.31. The minimum Gasteiger partial charge on any atom is -0.333 e. The maximum Gasteiger partial charge on any atom is 0.258 e. The summed E-state index contributed by atoms with van der Waals surface area (Å²) in [6, 6.07) is 8.15. The molecule has 1 aromatic heterocycles. The lowest BCUT2D eigenvalue weighted by Crippen LogP contribution is -1.86. The van der Waals surface area contributed by atoms with E-state index in [2.05, 4.69) is 52.1 Å². The highest BCUT2D eigenvalue weighted by molar-refractivity contribution is 9.10. The van der Waals surface area contributed by atoms with Crippen LogP contribution in [0.1, 0.15) is 25.3 Å². The summed E-state index contributed by atoms with van der Waals surface area (Å²) in [6.45, 7) is 4.33. The number of hydrogen-bond acceptors (Lipinski definition) is 3. The molecule has 2 aromatic rings. The van der Waals surface area contributed by atoms with Gasteiger partial charge in [0, 0.05) is 5.56 Å². The Kier molecular flexibility index (Phi) is 2.86. The maximum absolute atomic E-state index is 5.04. The molecule has 0 fully saturated rings. The first-order valence-corrected chi connectivity index (χ1v) is 5.55. The van der Waals surface area contributed by atoms with Gasteiger partial charge in [-0.25, -0.2) is 0 Å². The molecule has 3 nitrogen and oxygen atoms in total. The van der Waals surface area contributed by atoms with Gasteiger partial charge in [0.25, 0.3) is 5.89 Å². The summed E-state index contributed by atoms with van der Waals surface area (Å²) in [6.07, 6.45) is 0. The Morgan fingerprint density at radius 1 is 1.20 bits per heavy atom. The fourth-order valence-corrected chi connectivity index (χ4v) is 1.57. The van der Waals surface area contributed by atoms with E-state index in [0.717, 1.165) is 5.56 Å². The van der Waals surface area contributed by atoms with Crippen LogP contribution in [-0.4, -0.2) is 10.1 Å². The van der Waals surface area contributed by atoms with Crippen LogP contribution >= 0.6 is 15.9 Å². The number of hydrogen-bond donors (Lipinski definition) is 0. The molecule has 0 saturated carbocycles. The van der Waals surface area contributed by atoms with Gasteiger partial charge in [0.1, 0.15) is 0 Å². The van der Waals surface area contributed by atoms with E-state index in [4.69, 9.17) is 4.52 Å². The lowest BCUT2D eigenvalue weighted by atomic mass is 10.0. The summed E-state index contributed by atoms with van der Waals surface area (Å²) in [5, 5.41) is 3.68. The highest BCUT2D eigenvalue weighted by atomic mass is 79.9. The van der Waals surface area contributed by atoms with Crippen molar-refractivity contribution in [3.63, 3.8) is 0 Å². The highest BCUT2D eigenvalue weighted by Gasteiger charge is 2.07. The Hall–Kier alpha value is -1.16. The van der Waals surface area contributed by atoms with E-state index in [1.807, 2.05) is 12.1 Å². The molecule has 0 aliphatic heterocycles. The number of nitrogens with zero attached hydrogens (tertiary/aromatic N) is 2. The first-order chi connectivity index (χ1) is 7.16. The van der Waals surface area contributed by atoms with Crippen molar-refractivity contribution >= 4 is 15.9 Å². The molecule has 0 atom stereocenters. The molecular formula is C11H11BrN2O. The molecule has 78 valence electrons. The molecule has 4 heteroatoms. The van der Waals surface area contributed by atoms with E-state index < -0.39 is 0 Å². The fourth-order valence-electron chi connectivity index (χ4n) is 1.33. The summed E-state index contributed by atoms with van der Waals surface area (Å²) >= 11 is 3.15.